The molecule has 0 fully saturated rings. The van der Waals surface area contributed by atoms with Crippen molar-refractivity contribution in [1.29, 1.82) is 0 Å². The zero-order chi connectivity index (χ0) is 17.8. The monoisotopic (exact) mass is 390 g/mol. The molecule has 0 N–H and O–H groups in total. The number of rotatable bonds is 6. The second-order valence-corrected chi connectivity index (χ2v) is 7.81. The Morgan fingerprint density at radius 1 is 1.00 bits per heavy atom. The summed E-state index contributed by atoms with van der Waals surface area (Å²) < 4.78 is 2.06. The summed E-state index contributed by atoms with van der Waals surface area (Å²) in [6.07, 6.45) is 1.97. The first kappa shape index (κ1) is 18.4. The highest BCUT2D eigenvalue weighted by Crippen LogP contribution is 2.35. The van der Waals surface area contributed by atoms with Gasteiger partial charge >= 0.3 is 0 Å². The molecule has 0 saturated carbocycles. The van der Waals surface area contributed by atoms with Crippen LogP contribution in [0.4, 0.5) is 0 Å². The minimum Gasteiger partial charge on any atom is -0.258 e. The van der Waals surface area contributed by atoms with E-state index in [1.165, 1.54) is 16.2 Å². The van der Waals surface area contributed by atoms with Crippen molar-refractivity contribution >= 4 is 35.0 Å². The maximum atomic E-state index is 6.16. The number of hydrogen-bond donors (Lipinski definition) is 0. The summed E-state index contributed by atoms with van der Waals surface area (Å²) in [4.78, 5) is 1.04. The number of aryl methyl sites for hydroxylation is 3. The summed E-state index contributed by atoms with van der Waals surface area (Å²) in [6, 6.07) is 16.2. The van der Waals surface area contributed by atoms with Crippen molar-refractivity contribution < 1.29 is 0 Å². The first-order valence-electron chi connectivity index (χ1n) is 8.31. The van der Waals surface area contributed by atoms with Crippen LogP contribution in [0.5, 0.6) is 0 Å². The van der Waals surface area contributed by atoms with Gasteiger partial charge in [-0.05, 0) is 50.5 Å². The molecule has 0 aliphatic heterocycles. The third kappa shape index (κ3) is 4.60. The minimum absolute atomic E-state index is 0.653. The Morgan fingerprint density at radius 3 is 2.32 bits per heavy atom. The highest BCUT2D eigenvalue weighted by Gasteiger charge is 2.16. The van der Waals surface area contributed by atoms with E-state index in [9.17, 15) is 0 Å². The van der Waals surface area contributed by atoms with Crippen LogP contribution in [0.1, 0.15) is 23.7 Å². The molecule has 130 valence electrons. The van der Waals surface area contributed by atoms with E-state index in [0.29, 0.717) is 10.0 Å². The molecule has 0 unspecified atom stereocenters. The minimum atomic E-state index is 0.653. The van der Waals surface area contributed by atoms with Gasteiger partial charge in [0.15, 0.2) is 0 Å². The third-order valence-corrected chi connectivity index (χ3v) is 5.62. The first-order chi connectivity index (χ1) is 12.1. The normalized spacial score (nSPS) is 11.0. The van der Waals surface area contributed by atoms with Gasteiger partial charge in [-0.2, -0.15) is 5.10 Å². The molecule has 5 heteroatoms. The second-order valence-electron chi connectivity index (χ2n) is 5.88. The molecular weight excluding hydrogens is 371 g/mol. The Balaban J connectivity index is 1.89. The van der Waals surface area contributed by atoms with Gasteiger partial charge in [0, 0.05) is 27.0 Å². The van der Waals surface area contributed by atoms with Crippen molar-refractivity contribution in [3.05, 3.63) is 75.4 Å². The highest BCUT2D eigenvalue weighted by atomic mass is 35.5. The molecule has 3 rings (SSSR count). The average Bonchev–Trinajstić information content (AvgIpc) is 2.88. The summed E-state index contributed by atoms with van der Waals surface area (Å²) in [5.74, 6) is 0. The van der Waals surface area contributed by atoms with Crippen LogP contribution in [0.25, 0.3) is 0 Å². The van der Waals surface area contributed by atoms with Crippen LogP contribution in [0.3, 0.4) is 0 Å². The molecular formula is C20H20Cl2N2S. The molecule has 0 amide bonds. The Morgan fingerprint density at radius 2 is 1.68 bits per heavy atom. The van der Waals surface area contributed by atoms with Crippen molar-refractivity contribution in [2.24, 2.45) is 0 Å². The van der Waals surface area contributed by atoms with Crippen LogP contribution >= 0.6 is 35.0 Å². The molecule has 2 nitrogen and oxygen atoms in total. The lowest BCUT2D eigenvalue weighted by atomic mass is 10.1. The van der Waals surface area contributed by atoms with Gasteiger partial charge in [0.05, 0.1) is 5.69 Å². The standard InChI is InChI=1S/C20H20Cl2N2S/c1-3-24-20(25-18-12-16(21)11-17(22)13-18)19(14(2)23-24)10-9-15-7-5-4-6-8-15/h4-8,11-13H,3,9-10H2,1-2H3. The molecule has 0 bridgehead atoms. The highest BCUT2D eigenvalue weighted by molar-refractivity contribution is 7.99. The summed E-state index contributed by atoms with van der Waals surface area (Å²) in [5.41, 5.74) is 3.73. The van der Waals surface area contributed by atoms with Crippen LogP contribution in [-0.4, -0.2) is 9.78 Å². The Kier molecular flexibility index (Phi) is 6.10. The van der Waals surface area contributed by atoms with E-state index >= 15 is 0 Å². The molecule has 3 aromatic rings. The Bertz CT molecular complexity index is 839. The lowest BCUT2D eigenvalue weighted by Crippen LogP contribution is -1.99. The molecule has 1 heterocycles. The molecule has 0 radical (unpaired) electrons. The lowest BCUT2D eigenvalue weighted by molar-refractivity contribution is 0.598. The smallest absolute Gasteiger partial charge is 0.102 e. The van der Waals surface area contributed by atoms with Crippen LogP contribution in [0.15, 0.2) is 58.5 Å². The topological polar surface area (TPSA) is 17.8 Å². The number of aromatic nitrogens is 2. The summed E-state index contributed by atoms with van der Waals surface area (Å²) in [5, 5.41) is 7.19. The van der Waals surface area contributed by atoms with Crippen LogP contribution in [0, 0.1) is 6.92 Å². The van der Waals surface area contributed by atoms with E-state index in [2.05, 4.69) is 42.8 Å². The van der Waals surface area contributed by atoms with Crippen LogP contribution in [0.2, 0.25) is 10.0 Å². The maximum absolute atomic E-state index is 6.16. The molecule has 0 atom stereocenters. The van der Waals surface area contributed by atoms with Gasteiger partial charge < -0.3 is 0 Å². The molecule has 0 spiro atoms. The molecule has 25 heavy (non-hydrogen) atoms. The summed E-state index contributed by atoms with van der Waals surface area (Å²) in [7, 11) is 0. The van der Waals surface area contributed by atoms with E-state index in [0.717, 1.165) is 30.0 Å². The van der Waals surface area contributed by atoms with Gasteiger partial charge in [0.1, 0.15) is 5.03 Å². The Hall–Kier alpha value is -1.42. The second kappa shape index (κ2) is 8.31. The fraction of sp³-hybridized carbons (Fsp3) is 0.250. The number of halogens is 2. The van der Waals surface area contributed by atoms with Gasteiger partial charge in [-0.15, -0.1) is 0 Å². The molecule has 0 aliphatic carbocycles. The molecule has 0 saturated heterocycles. The SMILES string of the molecule is CCn1nc(C)c(CCc2ccccc2)c1Sc1cc(Cl)cc(Cl)c1. The molecule has 0 aliphatic rings. The average molecular weight is 391 g/mol. The van der Waals surface area contributed by atoms with Crippen LogP contribution in [-0.2, 0) is 19.4 Å². The van der Waals surface area contributed by atoms with Crippen molar-refractivity contribution in [3.63, 3.8) is 0 Å². The lowest BCUT2D eigenvalue weighted by Gasteiger charge is -2.09. The Labute approximate surface area is 163 Å². The van der Waals surface area contributed by atoms with E-state index < -0.39 is 0 Å². The third-order valence-electron chi connectivity index (χ3n) is 4.06. The quantitative estimate of drug-likeness (QED) is 0.480. The summed E-state index contributed by atoms with van der Waals surface area (Å²) in [6.45, 7) is 5.03. The van der Waals surface area contributed by atoms with E-state index in [1.807, 2.05) is 18.2 Å². The van der Waals surface area contributed by atoms with E-state index in [-0.39, 0.29) is 0 Å². The fourth-order valence-corrected chi connectivity index (χ4v) is 4.73. The zero-order valence-electron chi connectivity index (χ0n) is 14.3. The van der Waals surface area contributed by atoms with E-state index in [1.54, 1.807) is 17.8 Å². The summed E-state index contributed by atoms with van der Waals surface area (Å²) >= 11 is 14.0. The van der Waals surface area contributed by atoms with E-state index in [4.69, 9.17) is 28.3 Å². The predicted octanol–water partition coefficient (Wildman–Crippen LogP) is 6.45. The maximum Gasteiger partial charge on any atom is 0.102 e. The van der Waals surface area contributed by atoms with Crippen molar-refractivity contribution in [1.82, 2.24) is 9.78 Å². The zero-order valence-corrected chi connectivity index (χ0v) is 16.6. The van der Waals surface area contributed by atoms with Gasteiger partial charge in [-0.1, -0.05) is 65.3 Å². The van der Waals surface area contributed by atoms with Gasteiger partial charge in [-0.25, -0.2) is 0 Å². The molecule has 1 aromatic heterocycles. The van der Waals surface area contributed by atoms with Crippen molar-refractivity contribution in [3.8, 4) is 0 Å². The largest absolute Gasteiger partial charge is 0.258 e. The number of nitrogens with zero attached hydrogens (tertiary/aromatic N) is 2. The first-order valence-corrected chi connectivity index (χ1v) is 9.88. The van der Waals surface area contributed by atoms with Gasteiger partial charge in [0.2, 0.25) is 0 Å². The predicted molar refractivity (Wildman–Crippen MR) is 107 cm³/mol. The van der Waals surface area contributed by atoms with Gasteiger partial charge in [0.25, 0.3) is 0 Å². The van der Waals surface area contributed by atoms with Crippen molar-refractivity contribution in [2.75, 3.05) is 0 Å². The van der Waals surface area contributed by atoms with Crippen molar-refractivity contribution in [2.45, 2.75) is 43.2 Å². The fourth-order valence-electron chi connectivity index (χ4n) is 2.83. The van der Waals surface area contributed by atoms with Gasteiger partial charge in [-0.3, -0.25) is 4.68 Å². The number of hydrogen-bond acceptors (Lipinski definition) is 2. The van der Waals surface area contributed by atoms with Crippen LogP contribution < -0.4 is 0 Å². The molecule has 2 aromatic carbocycles. The number of benzene rings is 2.